The van der Waals surface area contributed by atoms with Gasteiger partial charge in [-0.1, -0.05) is 11.3 Å². The highest BCUT2D eigenvalue weighted by atomic mass is 19.3. The smallest absolute Gasteiger partial charge is 0.282 e. The van der Waals surface area contributed by atoms with Gasteiger partial charge in [0.15, 0.2) is 0 Å². The van der Waals surface area contributed by atoms with Gasteiger partial charge in [-0.25, -0.2) is 18.4 Å². The maximum absolute atomic E-state index is 13.2. The van der Waals surface area contributed by atoms with E-state index in [0.717, 1.165) is 22.5 Å². The number of benzene rings is 1. The Kier molecular flexibility index (Phi) is 3.02. The van der Waals surface area contributed by atoms with Gasteiger partial charge >= 0.3 is 0 Å². The molecule has 4 rings (SSSR count). The molecule has 1 aromatic carbocycles. The first-order valence-corrected chi connectivity index (χ1v) is 7.09. The van der Waals surface area contributed by atoms with E-state index in [4.69, 9.17) is 0 Å². The lowest BCUT2D eigenvalue weighted by Crippen LogP contribution is -2.07. The summed E-state index contributed by atoms with van der Waals surface area (Å²) in [7, 11) is 0. The number of hydrogen-bond acceptors (Lipinski definition) is 4. The maximum Gasteiger partial charge on any atom is 0.282 e. The molecule has 23 heavy (non-hydrogen) atoms. The van der Waals surface area contributed by atoms with Gasteiger partial charge in [-0.15, -0.1) is 5.10 Å². The zero-order valence-corrected chi connectivity index (χ0v) is 12.2. The van der Waals surface area contributed by atoms with Crippen LogP contribution in [0.1, 0.15) is 29.1 Å². The second-order valence-electron chi connectivity index (χ2n) is 5.44. The summed E-state index contributed by atoms with van der Waals surface area (Å²) < 4.78 is 29.7. The first-order chi connectivity index (χ1) is 11.1. The Morgan fingerprint density at radius 2 is 2.17 bits per heavy atom. The molecule has 0 unspecified atom stereocenters. The number of rotatable bonds is 2. The summed E-state index contributed by atoms with van der Waals surface area (Å²) in [5.41, 5.74) is 3.85. The van der Waals surface area contributed by atoms with Gasteiger partial charge in [-0.2, -0.15) is 0 Å². The Balaban J connectivity index is 2.06. The number of imidazole rings is 1. The molecule has 0 saturated carbocycles. The molecule has 0 atom stereocenters. The lowest BCUT2D eigenvalue weighted by atomic mass is 10.0. The van der Waals surface area contributed by atoms with Gasteiger partial charge < -0.3 is 9.67 Å². The molecule has 118 valence electrons. The molecule has 0 saturated heterocycles. The van der Waals surface area contributed by atoms with Gasteiger partial charge in [-0.3, -0.25) is 0 Å². The number of hydrogen-bond donors (Lipinski definition) is 1. The molecular weight excluding hydrogens is 304 g/mol. The molecule has 0 fully saturated rings. The van der Waals surface area contributed by atoms with Crippen LogP contribution in [0, 0.1) is 6.92 Å². The highest BCUT2D eigenvalue weighted by Gasteiger charge is 2.27. The van der Waals surface area contributed by atoms with E-state index in [2.05, 4.69) is 15.3 Å². The SMILES string of the molecule is Cc1nnn2c1-c1cc(CO)ccc1-n1cnc(C(F)F)c1C2. The van der Waals surface area contributed by atoms with Crippen molar-refractivity contribution < 1.29 is 13.9 Å². The lowest BCUT2D eigenvalue weighted by molar-refractivity contribution is 0.145. The second-order valence-corrected chi connectivity index (χ2v) is 5.44. The quantitative estimate of drug-likeness (QED) is 0.615. The number of nitrogens with zero attached hydrogens (tertiary/aromatic N) is 5. The average molecular weight is 317 g/mol. The van der Waals surface area contributed by atoms with Crippen LogP contribution in [0.2, 0.25) is 0 Å². The molecule has 6 nitrogen and oxygen atoms in total. The lowest BCUT2D eigenvalue weighted by Gasteiger charge is -2.11. The van der Waals surface area contributed by atoms with Crippen molar-refractivity contribution in [3.05, 3.63) is 47.2 Å². The van der Waals surface area contributed by atoms with Gasteiger partial charge in [0, 0.05) is 5.56 Å². The van der Waals surface area contributed by atoms with Crippen LogP contribution >= 0.6 is 0 Å². The van der Waals surface area contributed by atoms with Crippen molar-refractivity contribution in [3.63, 3.8) is 0 Å². The van der Waals surface area contributed by atoms with Gasteiger partial charge in [-0.05, 0) is 24.6 Å². The van der Waals surface area contributed by atoms with Crippen molar-refractivity contribution >= 4 is 0 Å². The van der Waals surface area contributed by atoms with Crippen molar-refractivity contribution in [1.82, 2.24) is 24.5 Å². The number of alkyl halides is 2. The standard InChI is InChI=1S/C15H13F2N5O/c1-8-14-10-4-9(6-23)2-3-11(10)21-7-18-13(15(16)17)12(21)5-22(14)20-19-8/h2-4,7,15,23H,5-6H2,1H3. The summed E-state index contributed by atoms with van der Waals surface area (Å²) in [6.45, 7) is 1.88. The second kappa shape index (κ2) is 4.95. The van der Waals surface area contributed by atoms with Crippen LogP contribution in [0.5, 0.6) is 0 Å². The Morgan fingerprint density at radius 3 is 2.91 bits per heavy atom. The van der Waals surface area contributed by atoms with Crippen LogP contribution in [-0.4, -0.2) is 29.7 Å². The van der Waals surface area contributed by atoms with E-state index in [1.165, 1.54) is 6.33 Å². The highest BCUT2D eigenvalue weighted by molar-refractivity contribution is 5.74. The fraction of sp³-hybridized carbons (Fsp3) is 0.267. The van der Waals surface area contributed by atoms with Crippen LogP contribution in [0.3, 0.4) is 0 Å². The Morgan fingerprint density at radius 1 is 1.35 bits per heavy atom. The fourth-order valence-electron chi connectivity index (χ4n) is 3.00. The molecule has 1 aliphatic heterocycles. The minimum atomic E-state index is -2.66. The molecule has 0 bridgehead atoms. The van der Waals surface area contributed by atoms with Crippen molar-refractivity contribution in [2.45, 2.75) is 26.5 Å². The van der Waals surface area contributed by atoms with E-state index < -0.39 is 6.43 Å². The predicted octanol–water partition coefficient (Wildman–Crippen LogP) is 2.23. The van der Waals surface area contributed by atoms with Crippen molar-refractivity contribution in [1.29, 1.82) is 0 Å². The molecule has 0 aliphatic carbocycles. The summed E-state index contributed by atoms with van der Waals surface area (Å²) >= 11 is 0. The molecule has 3 heterocycles. The van der Waals surface area contributed by atoms with Crippen molar-refractivity contribution in [2.24, 2.45) is 0 Å². The Bertz CT molecular complexity index is 899. The van der Waals surface area contributed by atoms with E-state index in [1.807, 2.05) is 13.0 Å². The third-order valence-corrected chi connectivity index (χ3v) is 4.07. The van der Waals surface area contributed by atoms with Crippen molar-refractivity contribution in [3.8, 4) is 16.9 Å². The van der Waals surface area contributed by atoms with Gasteiger partial charge in [0.05, 0.1) is 35.9 Å². The highest BCUT2D eigenvalue weighted by Crippen LogP contribution is 2.36. The molecule has 8 heteroatoms. The van der Waals surface area contributed by atoms with Crippen LogP contribution in [0.25, 0.3) is 16.9 Å². The zero-order chi connectivity index (χ0) is 16.1. The summed E-state index contributed by atoms with van der Waals surface area (Å²) in [6, 6.07) is 5.39. The normalized spacial score (nSPS) is 12.7. The zero-order valence-electron chi connectivity index (χ0n) is 12.2. The number of aromatic nitrogens is 5. The fourth-order valence-corrected chi connectivity index (χ4v) is 3.00. The van der Waals surface area contributed by atoms with Gasteiger partial charge in [0.1, 0.15) is 12.0 Å². The summed E-state index contributed by atoms with van der Waals surface area (Å²) in [6.07, 6.45) is -1.25. The monoisotopic (exact) mass is 317 g/mol. The molecule has 3 aromatic rings. The molecule has 0 spiro atoms. The third kappa shape index (κ3) is 1.98. The molecule has 0 amide bonds. The summed E-state index contributed by atoms with van der Waals surface area (Å²) in [4.78, 5) is 3.86. The molecular formula is C15H13F2N5O. The molecule has 1 N–H and O–H groups in total. The number of halogens is 2. The van der Waals surface area contributed by atoms with Gasteiger partial charge in [0.2, 0.25) is 0 Å². The van der Waals surface area contributed by atoms with Crippen LogP contribution in [-0.2, 0) is 13.2 Å². The van der Waals surface area contributed by atoms with Crippen molar-refractivity contribution in [2.75, 3.05) is 0 Å². The number of fused-ring (bicyclic) bond motifs is 5. The predicted molar refractivity (Wildman–Crippen MR) is 77.3 cm³/mol. The van der Waals surface area contributed by atoms with E-state index >= 15 is 0 Å². The Labute approximate surface area is 130 Å². The average Bonchev–Trinajstić information content (AvgIpc) is 3.08. The first kappa shape index (κ1) is 14.0. The van der Waals surface area contributed by atoms with Crippen LogP contribution < -0.4 is 0 Å². The number of aliphatic hydroxyl groups is 1. The number of aryl methyl sites for hydroxylation is 1. The number of aliphatic hydroxyl groups excluding tert-OH is 1. The van der Waals surface area contributed by atoms with Crippen LogP contribution in [0.4, 0.5) is 8.78 Å². The summed E-state index contributed by atoms with van der Waals surface area (Å²) in [5.74, 6) is 0. The molecule has 2 aromatic heterocycles. The molecule has 1 aliphatic rings. The first-order valence-electron chi connectivity index (χ1n) is 7.09. The maximum atomic E-state index is 13.2. The van der Waals surface area contributed by atoms with E-state index in [1.54, 1.807) is 21.4 Å². The topological polar surface area (TPSA) is 68.8 Å². The minimum Gasteiger partial charge on any atom is -0.392 e. The van der Waals surface area contributed by atoms with Crippen LogP contribution in [0.15, 0.2) is 24.5 Å². The van der Waals surface area contributed by atoms with E-state index in [-0.39, 0.29) is 18.8 Å². The summed E-state index contributed by atoms with van der Waals surface area (Å²) in [5, 5.41) is 17.5. The Hall–Kier alpha value is -2.61. The van der Waals surface area contributed by atoms with Gasteiger partial charge in [0.25, 0.3) is 6.43 Å². The van der Waals surface area contributed by atoms with E-state index in [9.17, 15) is 13.9 Å². The molecule has 0 radical (unpaired) electrons. The largest absolute Gasteiger partial charge is 0.392 e. The third-order valence-electron chi connectivity index (χ3n) is 4.07. The minimum absolute atomic E-state index is 0.104. The van der Waals surface area contributed by atoms with E-state index in [0.29, 0.717) is 11.4 Å².